The van der Waals surface area contributed by atoms with Gasteiger partial charge in [-0.3, -0.25) is 0 Å². The molecule has 0 aromatic rings. The van der Waals surface area contributed by atoms with Gasteiger partial charge < -0.3 is 10.2 Å². The van der Waals surface area contributed by atoms with Gasteiger partial charge >= 0.3 is 0 Å². The van der Waals surface area contributed by atoms with Crippen molar-refractivity contribution in [1.82, 2.24) is 10.2 Å². The summed E-state index contributed by atoms with van der Waals surface area (Å²) in [6.45, 7) is 6.14. The molecule has 1 N–H and O–H groups in total. The highest BCUT2D eigenvalue weighted by Gasteiger charge is 2.41. The van der Waals surface area contributed by atoms with E-state index in [2.05, 4.69) is 38.2 Å². The van der Waals surface area contributed by atoms with Crippen LogP contribution in [0, 0.1) is 11.3 Å². The van der Waals surface area contributed by atoms with E-state index in [1.54, 1.807) is 0 Å². The molecule has 2 unspecified atom stereocenters. The number of nitrogens with one attached hydrogen (secondary N) is 1. The molecule has 18 heavy (non-hydrogen) atoms. The van der Waals surface area contributed by atoms with Gasteiger partial charge in [-0.15, -0.1) is 0 Å². The normalized spacial score (nSPS) is 33.2. The zero-order valence-corrected chi connectivity index (χ0v) is 12.8. The van der Waals surface area contributed by atoms with Crippen LogP contribution >= 0.6 is 0 Å². The third kappa shape index (κ3) is 3.08. The molecule has 0 saturated heterocycles. The number of hydrogen-bond donors (Lipinski definition) is 1. The summed E-state index contributed by atoms with van der Waals surface area (Å²) in [5.41, 5.74) is 0.479. The largest absolute Gasteiger partial charge is 0.316 e. The summed E-state index contributed by atoms with van der Waals surface area (Å²) in [5.74, 6) is 0.844. The second-order valence-electron chi connectivity index (χ2n) is 7.29. The lowest BCUT2D eigenvalue weighted by Crippen LogP contribution is -2.45. The Morgan fingerprint density at radius 2 is 1.78 bits per heavy atom. The smallest absolute Gasteiger partial charge is 0.0156 e. The third-order valence-corrected chi connectivity index (χ3v) is 5.50. The minimum absolute atomic E-state index is 0.479. The molecule has 2 aliphatic carbocycles. The standard InChI is InChI=1S/C16H32N2/c1-16(2)11-10-13(15(16)17-3)12-18(4)14-8-6-5-7-9-14/h13-15,17H,5-12H2,1-4H3. The summed E-state index contributed by atoms with van der Waals surface area (Å²) in [4.78, 5) is 2.66. The Labute approximate surface area is 114 Å². The van der Waals surface area contributed by atoms with Gasteiger partial charge in [-0.25, -0.2) is 0 Å². The average Bonchev–Trinajstić information content (AvgIpc) is 2.65. The van der Waals surface area contributed by atoms with Crippen molar-refractivity contribution in [2.24, 2.45) is 11.3 Å². The molecule has 2 aliphatic rings. The summed E-state index contributed by atoms with van der Waals surface area (Å²) in [7, 11) is 4.50. The zero-order chi connectivity index (χ0) is 13.2. The summed E-state index contributed by atoms with van der Waals surface area (Å²) in [5, 5.41) is 3.59. The highest BCUT2D eigenvalue weighted by molar-refractivity contribution is 4.96. The summed E-state index contributed by atoms with van der Waals surface area (Å²) >= 11 is 0. The van der Waals surface area contributed by atoms with Gasteiger partial charge in [0.2, 0.25) is 0 Å². The van der Waals surface area contributed by atoms with Crippen LogP contribution in [0.2, 0.25) is 0 Å². The summed E-state index contributed by atoms with van der Waals surface area (Å²) in [6, 6.07) is 1.56. The monoisotopic (exact) mass is 252 g/mol. The molecular weight excluding hydrogens is 220 g/mol. The second kappa shape index (κ2) is 5.92. The van der Waals surface area contributed by atoms with E-state index >= 15 is 0 Å². The molecule has 2 saturated carbocycles. The predicted octanol–water partition coefficient (Wildman–Crippen LogP) is 3.28. The van der Waals surface area contributed by atoms with E-state index < -0.39 is 0 Å². The third-order valence-electron chi connectivity index (χ3n) is 5.50. The van der Waals surface area contributed by atoms with Crippen LogP contribution in [0.15, 0.2) is 0 Å². The van der Waals surface area contributed by atoms with Crippen molar-refractivity contribution in [2.45, 2.75) is 70.9 Å². The lowest BCUT2D eigenvalue weighted by molar-refractivity contribution is 0.147. The van der Waals surface area contributed by atoms with Gasteiger partial charge in [0.25, 0.3) is 0 Å². The molecule has 2 heteroatoms. The molecule has 0 aliphatic heterocycles. The van der Waals surface area contributed by atoms with Crippen molar-refractivity contribution in [1.29, 1.82) is 0 Å². The fourth-order valence-electron chi connectivity index (χ4n) is 4.38. The maximum Gasteiger partial charge on any atom is 0.0156 e. The summed E-state index contributed by atoms with van der Waals surface area (Å²) in [6.07, 6.45) is 9.98. The maximum atomic E-state index is 3.59. The van der Waals surface area contributed by atoms with Crippen LogP contribution in [-0.2, 0) is 0 Å². The molecule has 2 atom stereocenters. The Balaban J connectivity index is 1.88. The zero-order valence-electron chi connectivity index (χ0n) is 12.8. The van der Waals surface area contributed by atoms with Gasteiger partial charge in [-0.05, 0) is 51.1 Å². The predicted molar refractivity (Wildman–Crippen MR) is 78.9 cm³/mol. The SMILES string of the molecule is CNC1C(CN(C)C2CCCCC2)CCC1(C)C. The van der Waals surface area contributed by atoms with Gasteiger partial charge in [0.05, 0.1) is 0 Å². The Bertz CT molecular complexity index is 256. The van der Waals surface area contributed by atoms with Crippen molar-refractivity contribution >= 4 is 0 Å². The van der Waals surface area contributed by atoms with E-state index in [-0.39, 0.29) is 0 Å². The van der Waals surface area contributed by atoms with Gasteiger partial charge in [0, 0.05) is 18.6 Å². The Morgan fingerprint density at radius 1 is 1.11 bits per heavy atom. The molecular formula is C16H32N2. The van der Waals surface area contributed by atoms with Crippen LogP contribution < -0.4 is 5.32 Å². The number of nitrogens with zero attached hydrogens (tertiary/aromatic N) is 1. The molecule has 0 amide bonds. The molecule has 0 spiro atoms. The van der Waals surface area contributed by atoms with Crippen molar-refractivity contribution in [3.63, 3.8) is 0 Å². The van der Waals surface area contributed by atoms with E-state index in [0.717, 1.165) is 12.0 Å². The molecule has 0 bridgehead atoms. The van der Waals surface area contributed by atoms with Crippen LogP contribution in [0.25, 0.3) is 0 Å². The fraction of sp³-hybridized carbons (Fsp3) is 1.00. The van der Waals surface area contributed by atoms with Gasteiger partial charge in [0.1, 0.15) is 0 Å². The minimum atomic E-state index is 0.479. The lowest BCUT2D eigenvalue weighted by atomic mass is 9.84. The van der Waals surface area contributed by atoms with Crippen molar-refractivity contribution in [2.75, 3.05) is 20.6 Å². The van der Waals surface area contributed by atoms with Crippen molar-refractivity contribution < 1.29 is 0 Å². The molecule has 2 nitrogen and oxygen atoms in total. The second-order valence-corrected chi connectivity index (χ2v) is 7.29. The van der Waals surface area contributed by atoms with Crippen molar-refractivity contribution in [3.05, 3.63) is 0 Å². The lowest BCUT2D eigenvalue weighted by Gasteiger charge is -2.36. The number of hydrogen-bond acceptors (Lipinski definition) is 2. The van der Waals surface area contributed by atoms with Gasteiger partial charge in [0.15, 0.2) is 0 Å². The fourth-order valence-corrected chi connectivity index (χ4v) is 4.38. The van der Waals surface area contributed by atoms with E-state index in [1.807, 2.05) is 0 Å². The maximum absolute atomic E-state index is 3.59. The Morgan fingerprint density at radius 3 is 2.39 bits per heavy atom. The molecule has 2 rings (SSSR count). The quantitative estimate of drug-likeness (QED) is 0.826. The minimum Gasteiger partial charge on any atom is -0.316 e. The Hall–Kier alpha value is -0.0800. The first-order valence-corrected chi connectivity index (χ1v) is 7.92. The molecule has 0 radical (unpaired) electrons. The highest BCUT2D eigenvalue weighted by atomic mass is 15.1. The van der Waals surface area contributed by atoms with E-state index in [0.29, 0.717) is 11.5 Å². The molecule has 0 aromatic heterocycles. The molecule has 106 valence electrons. The highest BCUT2D eigenvalue weighted by Crippen LogP contribution is 2.41. The van der Waals surface area contributed by atoms with Gasteiger partial charge in [-0.2, -0.15) is 0 Å². The van der Waals surface area contributed by atoms with Crippen molar-refractivity contribution in [3.8, 4) is 0 Å². The van der Waals surface area contributed by atoms with Crippen LogP contribution in [0.1, 0.15) is 58.8 Å². The van der Waals surface area contributed by atoms with Crippen LogP contribution in [0.5, 0.6) is 0 Å². The Kier molecular flexibility index (Phi) is 4.71. The first kappa shape index (κ1) is 14.3. The van der Waals surface area contributed by atoms with Crippen LogP contribution in [0.4, 0.5) is 0 Å². The van der Waals surface area contributed by atoms with Gasteiger partial charge in [-0.1, -0.05) is 33.1 Å². The first-order chi connectivity index (χ1) is 8.54. The van der Waals surface area contributed by atoms with Crippen LogP contribution in [-0.4, -0.2) is 37.6 Å². The molecule has 0 heterocycles. The van der Waals surface area contributed by atoms with E-state index in [4.69, 9.17) is 0 Å². The first-order valence-electron chi connectivity index (χ1n) is 7.92. The van der Waals surface area contributed by atoms with E-state index in [1.165, 1.54) is 51.5 Å². The number of rotatable bonds is 4. The topological polar surface area (TPSA) is 15.3 Å². The molecule has 0 aromatic carbocycles. The average molecular weight is 252 g/mol. The van der Waals surface area contributed by atoms with Crippen LogP contribution in [0.3, 0.4) is 0 Å². The van der Waals surface area contributed by atoms with E-state index in [9.17, 15) is 0 Å². The summed E-state index contributed by atoms with van der Waals surface area (Å²) < 4.78 is 0. The molecule has 2 fully saturated rings.